The van der Waals surface area contributed by atoms with Crippen LogP contribution in [0.2, 0.25) is 0 Å². The Labute approximate surface area is 128 Å². The Hall–Kier alpha value is -2.88. The number of aromatic amines is 1. The number of para-hydroxylation sites is 1. The Morgan fingerprint density at radius 2 is 1.77 bits per heavy atom. The van der Waals surface area contributed by atoms with Crippen molar-refractivity contribution >= 4 is 11.6 Å². The van der Waals surface area contributed by atoms with Gasteiger partial charge in [-0.25, -0.2) is 4.98 Å². The monoisotopic (exact) mass is 291 g/mol. The van der Waals surface area contributed by atoms with Crippen LogP contribution in [0.1, 0.15) is 16.8 Å². The summed E-state index contributed by atoms with van der Waals surface area (Å²) in [5, 5.41) is 3.17. The molecule has 3 aromatic rings. The van der Waals surface area contributed by atoms with Gasteiger partial charge in [-0.15, -0.1) is 0 Å². The van der Waals surface area contributed by atoms with Crippen LogP contribution in [-0.2, 0) is 6.42 Å². The molecule has 2 N–H and O–H groups in total. The summed E-state index contributed by atoms with van der Waals surface area (Å²) in [7, 11) is 0. The zero-order valence-electron chi connectivity index (χ0n) is 12.3. The third kappa shape index (κ3) is 3.41. The number of H-pyrrole nitrogens is 1. The molecule has 0 saturated carbocycles. The number of anilines is 2. The van der Waals surface area contributed by atoms with Gasteiger partial charge in [0.25, 0.3) is 5.56 Å². The van der Waals surface area contributed by atoms with Crippen LogP contribution < -0.4 is 10.9 Å². The summed E-state index contributed by atoms with van der Waals surface area (Å²) in [5.41, 5.74) is 3.74. The summed E-state index contributed by atoms with van der Waals surface area (Å²) in [6, 6.07) is 19.4. The van der Waals surface area contributed by atoms with Crippen molar-refractivity contribution in [3.63, 3.8) is 0 Å². The van der Waals surface area contributed by atoms with Crippen LogP contribution in [0.4, 0.5) is 11.6 Å². The fraction of sp³-hybridized carbons (Fsp3) is 0.111. The first kappa shape index (κ1) is 14.1. The van der Waals surface area contributed by atoms with Crippen molar-refractivity contribution in [3.8, 4) is 0 Å². The number of hydrogen-bond donors (Lipinski definition) is 2. The lowest BCUT2D eigenvalue weighted by Crippen LogP contribution is -2.12. The molecule has 0 saturated heterocycles. The smallest absolute Gasteiger partial charge is 0.252 e. The van der Waals surface area contributed by atoms with Gasteiger partial charge in [-0.05, 0) is 24.1 Å². The van der Waals surface area contributed by atoms with E-state index in [0.717, 1.165) is 22.5 Å². The van der Waals surface area contributed by atoms with E-state index in [2.05, 4.69) is 15.3 Å². The SMILES string of the molecule is Cc1ccccc1Nc1nc(Cc2ccccc2)cc(=O)[nH]1. The largest absolute Gasteiger partial charge is 0.325 e. The zero-order valence-corrected chi connectivity index (χ0v) is 12.3. The van der Waals surface area contributed by atoms with E-state index in [4.69, 9.17) is 0 Å². The molecule has 0 aliphatic carbocycles. The molecule has 3 rings (SSSR count). The molecule has 1 heterocycles. The maximum absolute atomic E-state index is 11.8. The van der Waals surface area contributed by atoms with E-state index in [1.807, 2.05) is 61.5 Å². The summed E-state index contributed by atoms with van der Waals surface area (Å²) in [6.45, 7) is 2.01. The minimum atomic E-state index is -0.156. The molecule has 4 heteroatoms. The summed E-state index contributed by atoms with van der Waals surface area (Å²) in [5.74, 6) is 0.465. The Balaban J connectivity index is 1.87. The second-order valence-electron chi connectivity index (χ2n) is 5.19. The number of aromatic nitrogens is 2. The predicted molar refractivity (Wildman–Crippen MR) is 88.6 cm³/mol. The van der Waals surface area contributed by atoms with Crippen molar-refractivity contribution in [1.29, 1.82) is 0 Å². The van der Waals surface area contributed by atoms with Gasteiger partial charge in [0.05, 0.1) is 5.69 Å². The molecule has 0 fully saturated rings. The van der Waals surface area contributed by atoms with Crippen LogP contribution in [0.3, 0.4) is 0 Å². The van der Waals surface area contributed by atoms with Crippen molar-refractivity contribution < 1.29 is 0 Å². The van der Waals surface area contributed by atoms with Crippen molar-refractivity contribution in [2.24, 2.45) is 0 Å². The molecule has 22 heavy (non-hydrogen) atoms. The molecule has 110 valence electrons. The number of nitrogens with one attached hydrogen (secondary N) is 2. The third-order valence-corrected chi connectivity index (χ3v) is 3.42. The van der Waals surface area contributed by atoms with Crippen LogP contribution >= 0.6 is 0 Å². The number of nitrogens with zero attached hydrogens (tertiary/aromatic N) is 1. The number of benzene rings is 2. The molecule has 2 aromatic carbocycles. The van der Waals surface area contributed by atoms with Gasteiger partial charge in [-0.1, -0.05) is 48.5 Å². The fourth-order valence-electron chi connectivity index (χ4n) is 2.30. The quantitative estimate of drug-likeness (QED) is 0.774. The van der Waals surface area contributed by atoms with E-state index >= 15 is 0 Å². The maximum Gasteiger partial charge on any atom is 0.252 e. The van der Waals surface area contributed by atoms with Gasteiger partial charge in [-0.2, -0.15) is 0 Å². The minimum absolute atomic E-state index is 0.156. The third-order valence-electron chi connectivity index (χ3n) is 3.42. The van der Waals surface area contributed by atoms with Gasteiger partial charge in [0.2, 0.25) is 5.95 Å². The van der Waals surface area contributed by atoms with Crippen LogP contribution in [-0.4, -0.2) is 9.97 Å². The number of hydrogen-bond acceptors (Lipinski definition) is 3. The molecule has 0 unspecified atom stereocenters. The standard InChI is InChI=1S/C18H17N3O/c1-13-7-5-6-10-16(13)20-18-19-15(12-17(22)21-18)11-14-8-3-2-4-9-14/h2-10,12H,11H2,1H3,(H2,19,20,21,22). The van der Waals surface area contributed by atoms with Gasteiger partial charge in [0.1, 0.15) is 0 Å². The Morgan fingerprint density at radius 3 is 2.55 bits per heavy atom. The highest BCUT2D eigenvalue weighted by Gasteiger charge is 2.04. The topological polar surface area (TPSA) is 57.8 Å². The first-order valence-electron chi connectivity index (χ1n) is 7.17. The summed E-state index contributed by atoms with van der Waals surface area (Å²) in [6.07, 6.45) is 0.632. The van der Waals surface area contributed by atoms with Crippen molar-refractivity contribution in [3.05, 3.63) is 87.8 Å². The second-order valence-corrected chi connectivity index (χ2v) is 5.19. The minimum Gasteiger partial charge on any atom is -0.325 e. The molecule has 0 spiro atoms. The normalized spacial score (nSPS) is 10.4. The Bertz CT molecular complexity index is 825. The summed E-state index contributed by atoms with van der Waals surface area (Å²) < 4.78 is 0. The van der Waals surface area contributed by atoms with Crippen LogP contribution in [0.25, 0.3) is 0 Å². The first-order valence-corrected chi connectivity index (χ1v) is 7.17. The highest BCUT2D eigenvalue weighted by atomic mass is 16.1. The molecule has 0 aliphatic rings. The lowest BCUT2D eigenvalue weighted by Gasteiger charge is -2.09. The van der Waals surface area contributed by atoms with E-state index in [9.17, 15) is 4.79 Å². The van der Waals surface area contributed by atoms with E-state index in [-0.39, 0.29) is 5.56 Å². The first-order chi connectivity index (χ1) is 10.7. The Morgan fingerprint density at radius 1 is 1.05 bits per heavy atom. The average molecular weight is 291 g/mol. The van der Waals surface area contributed by atoms with Gasteiger partial charge in [0.15, 0.2) is 0 Å². The lowest BCUT2D eigenvalue weighted by molar-refractivity contribution is 1.01. The van der Waals surface area contributed by atoms with E-state index in [0.29, 0.717) is 12.4 Å². The molecule has 4 nitrogen and oxygen atoms in total. The van der Waals surface area contributed by atoms with Crippen molar-refractivity contribution in [2.45, 2.75) is 13.3 Å². The fourth-order valence-corrected chi connectivity index (χ4v) is 2.30. The molecule has 1 aromatic heterocycles. The molecule has 0 bridgehead atoms. The molecule has 0 amide bonds. The predicted octanol–water partition coefficient (Wildman–Crippen LogP) is 3.41. The van der Waals surface area contributed by atoms with E-state index in [1.54, 1.807) is 0 Å². The molecular formula is C18H17N3O. The molecule has 0 aliphatic heterocycles. The van der Waals surface area contributed by atoms with Crippen molar-refractivity contribution in [2.75, 3.05) is 5.32 Å². The highest BCUT2D eigenvalue weighted by molar-refractivity contribution is 5.57. The van der Waals surface area contributed by atoms with Crippen molar-refractivity contribution in [1.82, 2.24) is 9.97 Å². The summed E-state index contributed by atoms with van der Waals surface area (Å²) >= 11 is 0. The molecule has 0 atom stereocenters. The van der Waals surface area contributed by atoms with Gasteiger partial charge >= 0.3 is 0 Å². The van der Waals surface area contributed by atoms with Gasteiger partial charge < -0.3 is 5.32 Å². The highest BCUT2D eigenvalue weighted by Crippen LogP contribution is 2.17. The van der Waals surface area contributed by atoms with Crippen LogP contribution in [0, 0.1) is 6.92 Å². The maximum atomic E-state index is 11.8. The van der Waals surface area contributed by atoms with Crippen LogP contribution in [0.15, 0.2) is 65.5 Å². The van der Waals surface area contributed by atoms with E-state index < -0.39 is 0 Å². The van der Waals surface area contributed by atoms with Gasteiger partial charge in [-0.3, -0.25) is 9.78 Å². The van der Waals surface area contributed by atoms with Crippen LogP contribution in [0.5, 0.6) is 0 Å². The zero-order chi connectivity index (χ0) is 15.4. The Kier molecular flexibility index (Phi) is 4.01. The van der Waals surface area contributed by atoms with E-state index in [1.165, 1.54) is 6.07 Å². The van der Waals surface area contributed by atoms with Gasteiger partial charge in [0, 0.05) is 18.2 Å². The second kappa shape index (κ2) is 6.26. The molecule has 0 radical (unpaired) electrons. The number of aryl methyl sites for hydroxylation is 1. The number of rotatable bonds is 4. The average Bonchev–Trinajstić information content (AvgIpc) is 2.50. The molecular weight excluding hydrogens is 274 g/mol. The lowest BCUT2D eigenvalue weighted by atomic mass is 10.1. The summed E-state index contributed by atoms with van der Waals surface area (Å²) in [4.78, 5) is 19.1.